The fourth-order valence-corrected chi connectivity index (χ4v) is 2.60. The largest absolute Gasteiger partial charge is 0.396 e. The van der Waals surface area contributed by atoms with Gasteiger partial charge >= 0.3 is 6.03 Å². The molecule has 0 spiro atoms. The summed E-state index contributed by atoms with van der Waals surface area (Å²) in [7, 11) is 0. The fraction of sp³-hybridized carbons (Fsp3) is 0.562. The van der Waals surface area contributed by atoms with Gasteiger partial charge in [-0.2, -0.15) is 0 Å². The lowest BCUT2D eigenvalue weighted by Gasteiger charge is -2.32. The van der Waals surface area contributed by atoms with Gasteiger partial charge < -0.3 is 15.7 Å². The highest BCUT2D eigenvalue weighted by molar-refractivity contribution is 5.74. The molecule has 110 valence electrons. The van der Waals surface area contributed by atoms with E-state index in [2.05, 4.69) is 17.6 Å². The molecule has 4 nitrogen and oxygen atoms in total. The van der Waals surface area contributed by atoms with E-state index in [0.717, 1.165) is 5.56 Å². The average molecular weight is 276 g/mol. The van der Waals surface area contributed by atoms with Crippen molar-refractivity contribution in [1.29, 1.82) is 0 Å². The average Bonchev–Trinajstić information content (AvgIpc) is 2.37. The first-order valence-corrected chi connectivity index (χ1v) is 7.43. The first-order valence-electron chi connectivity index (χ1n) is 7.43. The third-order valence-corrected chi connectivity index (χ3v) is 4.14. The van der Waals surface area contributed by atoms with Gasteiger partial charge in [0.15, 0.2) is 0 Å². The third kappa shape index (κ3) is 3.97. The molecule has 0 aromatic heterocycles. The van der Waals surface area contributed by atoms with Gasteiger partial charge in [0.05, 0.1) is 6.04 Å². The van der Waals surface area contributed by atoms with Crippen molar-refractivity contribution in [2.24, 2.45) is 5.92 Å². The molecule has 1 unspecified atom stereocenters. The predicted molar refractivity (Wildman–Crippen MR) is 79.4 cm³/mol. The SMILES string of the molecule is CC(NC(=O)N[C@H](CCO)c1ccccc1)C1CCC1. The van der Waals surface area contributed by atoms with E-state index < -0.39 is 0 Å². The molecule has 0 bridgehead atoms. The predicted octanol–water partition coefficient (Wildman–Crippen LogP) is 2.60. The number of nitrogens with one attached hydrogen (secondary N) is 2. The van der Waals surface area contributed by atoms with E-state index in [9.17, 15) is 4.79 Å². The van der Waals surface area contributed by atoms with Gasteiger partial charge in [0.25, 0.3) is 0 Å². The highest BCUT2D eigenvalue weighted by atomic mass is 16.3. The molecule has 2 atom stereocenters. The molecule has 1 aliphatic carbocycles. The van der Waals surface area contributed by atoms with E-state index in [1.165, 1.54) is 19.3 Å². The van der Waals surface area contributed by atoms with Gasteiger partial charge in [-0.05, 0) is 37.7 Å². The monoisotopic (exact) mass is 276 g/mol. The highest BCUT2D eigenvalue weighted by Gasteiger charge is 2.25. The number of carbonyl (C=O) groups excluding carboxylic acids is 1. The Hall–Kier alpha value is -1.55. The van der Waals surface area contributed by atoms with Crippen LogP contribution in [0.2, 0.25) is 0 Å². The zero-order chi connectivity index (χ0) is 14.4. The van der Waals surface area contributed by atoms with Gasteiger partial charge in [0.1, 0.15) is 0 Å². The summed E-state index contributed by atoms with van der Waals surface area (Å²) in [4.78, 5) is 12.1. The zero-order valence-corrected chi connectivity index (χ0v) is 12.0. The fourth-order valence-electron chi connectivity index (χ4n) is 2.60. The number of aliphatic hydroxyl groups excluding tert-OH is 1. The summed E-state index contributed by atoms with van der Waals surface area (Å²) < 4.78 is 0. The van der Waals surface area contributed by atoms with Crippen LogP contribution in [0.3, 0.4) is 0 Å². The second-order valence-corrected chi connectivity index (χ2v) is 5.57. The smallest absolute Gasteiger partial charge is 0.315 e. The Balaban J connectivity index is 1.88. The van der Waals surface area contributed by atoms with Gasteiger partial charge in [0.2, 0.25) is 0 Å². The molecule has 20 heavy (non-hydrogen) atoms. The van der Waals surface area contributed by atoms with Crippen molar-refractivity contribution in [3.8, 4) is 0 Å². The summed E-state index contributed by atoms with van der Waals surface area (Å²) in [6, 6.07) is 9.69. The Morgan fingerprint density at radius 1 is 1.30 bits per heavy atom. The normalized spacial score (nSPS) is 17.9. The van der Waals surface area contributed by atoms with Crippen molar-refractivity contribution in [1.82, 2.24) is 10.6 Å². The highest BCUT2D eigenvalue weighted by Crippen LogP contribution is 2.29. The Bertz CT molecular complexity index is 418. The molecule has 4 heteroatoms. The minimum atomic E-state index is -0.147. The lowest BCUT2D eigenvalue weighted by Crippen LogP contribution is -2.46. The van der Waals surface area contributed by atoms with Crippen molar-refractivity contribution in [2.45, 2.75) is 44.7 Å². The first-order chi connectivity index (χ1) is 9.70. The molecule has 0 heterocycles. The number of amides is 2. The van der Waals surface area contributed by atoms with Crippen LogP contribution in [0.1, 0.15) is 44.2 Å². The Kier molecular flexibility index (Phi) is 5.41. The minimum Gasteiger partial charge on any atom is -0.396 e. The number of benzene rings is 1. The molecule has 0 saturated heterocycles. The van der Waals surface area contributed by atoms with Gasteiger partial charge in [0, 0.05) is 12.6 Å². The number of urea groups is 1. The second kappa shape index (κ2) is 7.29. The van der Waals surface area contributed by atoms with Crippen LogP contribution in [0.5, 0.6) is 0 Å². The van der Waals surface area contributed by atoms with Crippen LogP contribution < -0.4 is 10.6 Å². The van der Waals surface area contributed by atoms with E-state index in [0.29, 0.717) is 12.3 Å². The van der Waals surface area contributed by atoms with Gasteiger partial charge in [-0.3, -0.25) is 0 Å². The first kappa shape index (κ1) is 14.9. The Morgan fingerprint density at radius 2 is 2.00 bits per heavy atom. The molecule has 1 aromatic rings. The van der Waals surface area contributed by atoms with E-state index in [1.807, 2.05) is 30.3 Å². The zero-order valence-electron chi connectivity index (χ0n) is 12.0. The molecular weight excluding hydrogens is 252 g/mol. The molecule has 1 fully saturated rings. The molecule has 1 aromatic carbocycles. The summed E-state index contributed by atoms with van der Waals surface area (Å²) in [5, 5.41) is 15.1. The molecule has 1 saturated carbocycles. The number of carbonyl (C=O) groups is 1. The van der Waals surface area contributed by atoms with Gasteiger partial charge in [-0.1, -0.05) is 36.8 Å². The maximum Gasteiger partial charge on any atom is 0.315 e. The molecule has 2 rings (SSSR count). The molecule has 0 aliphatic heterocycles. The third-order valence-electron chi connectivity index (χ3n) is 4.14. The Morgan fingerprint density at radius 3 is 2.55 bits per heavy atom. The Labute approximate surface area is 120 Å². The van der Waals surface area contributed by atoms with Crippen molar-refractivity contribution in [3.63, 3.8) is 0 Å². The molecule has 3 N–H and O–H groups in total. The lowest BCUT2D eigenvalue weighted by atomic mass is 9.80. The van der Waals surface area contributed by atoms with Crippen molar-refractivity contribution >= 4 is 6.03 Å². The van der Waals surface area contributed by atoms with Crippen LogP contribution in [-0.4, -0.2) is 23.8 Å². The van der Waals surface area contributed by atoms with Crippen LogP contribution in [0.25, 0.3) is 0 Å². The van der Waals surface area contributed by atoms with Crippen LogP contribution in [-0.2, 0) is 0 Å². The summed E-state index contributed by atoms with van der Waals surface area (Å²) >= 11 is 0. The summed E-state index contributed by atoms with van der Waals surface area (Å²) in [5.41, 5.74) is 1.02. The minimum absolute atomic E-state index is 0.0536. The van der Waals surface area contributed by atoms with Crippen molar-refractivity contribution in [2.75, 3.05) is 6.61 Å². The van der Waals surface area contributed by atoms with E-state index >= 15 is 0 Å². The van der Waals surface area contributed by atoms with Crippen LogP contribution in [0.4, 0.5) is 4.79 Å². The number of hydrogen-bond acceptors (Lipinski definition) is 2. The lowest BCUT2D eigenvalue weighted by molar-refractivity contribution is 0.206. The number of aliphatic hydroxyl groups is 1. The van der Waals surface area contributed by atoms with E-state index in [4.69, 9.17) is 5.11 Å². The van der Waals surface area contributed by atoms with Crippen LogP contribution >= 0.6 is 0 Å². The summed E-state index contributed by atoms with van der Waals surface area (Å²) in [6.07, 6.45) is 4.21. The number of rotatable bonds is 6. The topological polar surface area (TPSA) is 61.4 Å². The van der Waals surface area contributed by atoms with Crippen molar-refractivity contribution in [3.05, 3.63) is 35.9 Å². The molecule has 0 radical (unpaired) electrons. The molecule has 2 amide bonds. The van der Waals surface area contributed by atoms with E-state index in [1.54, 1.807) is 0 Å². The molecular formula is C16H24N2O2. The maximum atomic E-state index is 12.1. The summed E-state index contributed by atoms with van der Waals surface area (Å²) in [6.45, 7) is 2.12. The second-order valence-electron chi connectivity index (χ2n) is 5.57. The standard InChI is InChI=1S/C16H24N2O2/c1-12(13-8-5-9-13)17-16(20)18-15(10-11-19)14-6-3-2-4-7-14/h2-4,6-7,12-13,15,19H,5,8-11H2,1H3,(H2,17,18,20)/t12?,15-/m1/s1. The van der Waals surface area contributed by atoms with Gasteiger partial charge in [-0.25, -0.2) is 4.79 Å². The molecule has 1 aliphatic rings. The number of hydrogen-bond donors (Lipinski definition) is 3. The van der Waals surface area contributed by atoms with Crippen LogP contribution in [0, 0.1) is 5.92 Å². The summed E-state index contributed by atoms with van der Waals surface area (Å²) in [5.74, 6) is 0.619. The maximum absolute atomic E-state index is 12.1. The quantitative estimate of drug-likeness (QED) is 0.748. The van der Waals surface area contributed by atoms with Gasteiger partial charge in [-0.15, -0.1) is 0 Å². The van der Waals surface area contributed by atoms with E-state index in [-0.39, 0.29) is 24.7 Å². The van der Waals surface area contributed by atoms with Crippen LogP contribution in [0.15, 0.2) is 30.3 Å². The van der Waals surface area contributed by atoms with Crippen molar-refractivity contribution < 1.29 is 9.90 Å².